The Hall–Kier alpha value is -0.570. The fraction of sp³-hybridized carbons (Fsp3) is 0.923. The maximum absolute atomic E-state index is 11.5. The molecular formula is C13H26N2O. The van der Waals surface area contributed by atoms with E-state index in [-0.39, 0.29) is 5.91 Å². The molecule has 16 heavy (non-hydrogen) atoms. The second kappa shape index (κ2) is 6.89. The van der Waals surface area contributed by atoms with E-state index in [9.17, 15) is 4.79 Å². The molecule has 0 aromatic carbocycles. The Bertz CT molecular complexity index is 216. The Morgan fingerprint density at radius 1 is 1.38 bits per heavy atom. The molecule has 3 nitrogen and oxygen atoms in total. The van der Waals surface area contributed by atoms with Gasteiger partial charge < -0.3 is 10.6 Å². The van der Waals surface area contributed by atoms with Crippen molar-refractivity contribution in [2.24, 2.45) is 11.8 Å². The summed E-state index contributed by atoms with van der Waals surface area (Å²) in [6.07, 6.45) is 5.09. The van der Waals surface area contributed by atoms with Crippen LogP contribution in [0.2, 0.25) is 0 Å². The van der Waals surface area contributed by atoms with Gasteiger partial charge in [0, 0.05) is 12.6 Å². The molecule has 1 aliphatic carbocycles. The van der Waals surface area contributed by atoms with E-state index in [1.165, 1.54) is 25.7 Å². The van der Waals surface area contributed by atoms with E-state index in [4.69, 9.17) is 0 Å². The number of amides is 1. The zero-order chi connectivity index (χ0) is 12.0. The van der Waals surface area contributed by atoms with Crippen LogP contribution in [0.15, 0.2) is 0 Å². The first-order valence-electron chi connectivity index (χ1n) is 6.63. The first-order chi connectivity index (χ1) is 7.63. The van der Waals surface area contributed by atoms with Crippen molar-refractivity contribution in [1.82, 2.24) is 10.6 Å². The summed E-state index contributed by atoms with van der Waals surface area (Å²) in [7, 11) is 0. The molecular weight excluding hydrogens is 200 g/mol. The number of hydrogen-bond donors (Lipinski definition) is 2. The third kappa shape index (κ3) is 4.52. The fourth-order valence-corrected chi connectivity index (χ4v) is 2.40. The summed E-state index contributed by atoms with van der Waals surface area (Å²) in [5, 5.41) is 6.33. The summed E-state index contributed by atoms with van der Waals surface area (Å²) in [5.41, 5.74) is 0. The Labute approximate surface area is 99.4 Å². The van der Waals surface area contributed by atoms with Crippen molar-refractivity contribution >= 4 is 5.91 Å². The maximum atomic E-state index is 11.5. The SMILES string of the molecule is CCC1CCCC1NCC(=O)NCC(C)C. The Balaban J connectivity index is 2.16. The van der Waals surface area contributed by atoms with Gasteiger partial charge in [-0.1, -0.05) is 33.6 Å². The minimum atomic E-state index is 0.135. The zero-order valence-electron chi connectivity index (χ0n) is 10.9. The zero-order valence-corrected chi connectivity index (χ0v) is 10.9. The van der Waals surface area contributed by atoms with Gasteiger partial charge in [0.25, 0.3) is 0 Å². The first kappa shape index (κ1) is 13.5. The van der Waals surface area contributed by atoms with Crippen molar-refractivity contribution in [3.8, 4) is 0 Å². The lowest BCUT2D eigenvalue weighted by Crippen LogP contribution is -2.41. The molecule has 94 valence electrons. The van der Waals surface area contributed by atoms with Crippen LogP contribution in [0.25, 0.3) is 0 Å². The van der Waals surface area contributed by atoms with Crippen LogP contribution in [-0.4, -0.2) is 25.0 Å². The van der Waals surface area contributed by atoms with E-state index >= 15 is 0 Å². The minimum Gasteiger partial charge on any atom is -0.355 e. The Kier molecular flexibility index (Phi) is 5.81. The number of carbonyl (C=O) groups is 1. The smallest absolute Gasteiger partial charge is 0.233 e. The van der Waals surface area contributed by atoms with Crippen LogP contribution in [0.3, 0.4) is 0 Å². The average Bonchev–Trinajstić information content (AvgIpc) is 2.70. The molecule has 2 unspecified atom stereocenters. The van der Waals surface area contributed by atoms with Crippen LogP contribution in [-0.2, 0) is 4.79 Å². The number of nitrogens with one attached hydrogen (secondary N) is 2. The van der Waals surface area contributed by atoms with Gasteiger partial charge in [-0.3, -0.25) is 4.79 Å². The molecule has 0 radical (unpaired) electrons. The molecule has 0 aliphatic heterocycles. The second-order valence-electron chi connectivity index (χ2n) is 5.28. The highest BCUT2D eigenvalue weighted by Crippen LogP contribution is 2.27. The second-order valence-corrected chi connectivity index (χ2v) is 5.28. The quantitative estimate of drug-likeness (QED) is 0.726. The fourth-order valence-electron chi connectivity index (χ4n) is 2.40. The molecule has 0 aromatic rings. The van der Waals surface area contributed by atoms with Gasteiger partial charge in [0.15, 0.2) is 0 Å². The Morgan fingerprint density at radius 3 is 2.75 bits per heavy atom. The molecule has 0 aromatic heterocycles. The summed E-state index contributed by atoms with van der Waals surface area (Å²) in [5.74, 6) is 1.44. The normalized spacial score (nSPS) is 25.0. The molecule has 1 aliphatic rings. The van der Waals surface area contributed by atoms with Crippen molar-refractivity contribution in [1.29, 1.82) is 0 Å². The van der Waals surface area contributed by atoms with E-state index in [1.807, 2.05) is 0 Å². The van der Waals surface area contributed by atoms with Crippen molar-refractivity contribution < 1.29 is 4.79 Å². The first-order valence-corrected chi connectivity index (χ1v) is 6.63. The molecule has 0 bridgehead atoms. The van der Waals surface area contributed by atoms with Gasteiger partial charge in [-0.15, -0.1) is 0 Å². The van der Waals surface area contributed by atoms with E-state index in [2.05, 4.69) is 31.4 Å². The predicted octanol–water partition coefficient (Wildman–Crippen LogP) is 1.93. The third-order valence-corrected chi connectivity index (χ3v) is 3.42. The van der Waals surface area contributed by atoms with Gasteiger partial charge in [0.05, 0.1) is 6.54 Å². The summed E-state index contributed by atoms with van der Waals surface area (Å²) >= 11 is 0. The number of rotatable bonds is 6. The summed E-state index contributed by atoms with van der Waals surface area (Å²) in [4.78, 5) is 11.5. The molecule has 0 saturated heterocycles. The number of hydrogen-bond acceptors (Lipinski definition) is 2. The van der Waals surface area contributed by atoms with Crippen LogP contribution in [0.5, 0.6) is 0 Å². The van der Waals surface area contributed by atoms with Gasteiger partial charge in [-0.05, 0) is 24.7 Å². The van der Waals surface area contributed by atoms with Gasteiger partial charge >= 0.3 is 0 Å². The topological polar surface area (TPSA) is 41.1 Å². The molecule has 1 saturated carbocycles. The van der Waals surface area contributed by atoms with Crippen molar-refractivity contribution in [3.05, 3.63) is 0 Å². The molecule has 0 heterocycles. The summed E-state index contributed by atoms with van der Waals surface area (Å²) < 4.78 is 0. The average molecular weight is 226 g/mol. The molecule has 1 amide bonds. The summed E-state index contributed by atoms with van der Waals surface area (Å²) in [6, 6.07) is 0.565. The highest BCUT2D eigenvalue weighted by Gasteiger charge is 2.25. The van der Waals surface area contributed by atoms with Crippen molar-refractivity contribution in [2.75, 3.05) is 13.1 Å². The van der Waals surface area contributed by atoms with Crippen LogP contribution in [0, 0.1) is 11.8 Å². The highest BCUT2D eigenvalue weighted by atomic mass is 16.1. The molecule has 2 atom stereocenters. The van der Waals surface area contributed by atoms with Crippen molar-refractivity contribution in [2.45, 2.75) is 52.5 Å². The standard InChI is InChI=1S/C13H26N2O/c1-4-11-6-5-7-12(11)14-9-13(16)15-8-10(2)3/h10-12,14H,4-9H2,1-3H3,(H,15,16). The minimum absolute atomic E-state index is 0.135. The lowest BCUT2D eigenvalue weighted by atomic mass is 10.0. The van der Waals surface area contributed by atoms with Crippen molar-refractivity contribution in [3.63, 3.8) is 0 Å². The highest BCUT2D eigenvalue weighted by molar-refractivity contribution is 5.78. The van der Waals surface area contributed by atoms with Gasteiger partial charge in [0.1, 0.15) is 0 Å². The molecule has 3 heteroatoms. The lowest BCUT2D eigenvalue weighted by Gasteiger charge is -2.19. The van der Waals surface area contributed by atoms with E-state index in [0.717, 1.165) is 12.5 Å². The molecule has 2 N–H and O–H groups in total. The van der Waals surface area contributed by atoms with Gasteiger partial charge in [-0.25, -0.2) is 0 Å². The van der Waals surface area contributed by atoms with Crippen LogP contribution in [0.1, 0.15) is 46.5 Å². The lowest BCUT2D eigenvalue weighted by molar-refractivity contribution is -0.120. The summed E-state index contributed by atoms with van der Waals surface area (Å²) in [6.45, 7) is 7.72. The number of carbonyl (C=O) groups excluding carboxylic acids is 1. The van der Waals surface area contributed by atoms with E-state index in [0.29, 0.717) is 18.5 Å². The van der Waals surface area contributed by atoms with E-state index < -0.39 is 0 Å². The monoisotopic (exact) mass is 226 g/mol. The Morgan fingerprint density at radius 2 is 2.12 bits per heavy atom. The van der Waals surface area contributed by atoms with Gasteiger partial charge in [-0.2, -0.15) is 0 Å². The largest absolute Gasteiger partial charge is 0.355 e. The van der Waals surface area contributed by atoms with Crippen LogP contribution in [0.4, 0.5) is 0 Å². The third-order valence-electron chi connectivity index (χ3n) is 3.42. The molecule has 1 rings (SSSR count). The van der Waals surface area contributed by atoms with Crippen LogP contribution < -0.4 is 10.6 Å². The molecule has 1 fully saturated rings. The van der Waals surface area contributed by atoms with E-state index in [1.54, 1.807) is 0 Å². The van der Waals surface area contributed by atoms with Crippen LogP contribution >= 0.6 is 0 Å². The molecule has 0 spiro atoms. The maximum Gasteiger partial charge on any atom is 0.233 e. The predicted molar refractivity (Wildman–Crippen MR) is 67.3 cm³/mol. The van der Waals surface area contributed by atoms with Gasteiger partial charge in [0.2, 0.25) is 5.91 Å².